The fraction of sp³-hybridized carbons (Fsp3) is 0.636. The van der Waals surface area contributed by atoms with Gasteiger partial charge in [0.15, 0.2) is 0 Å². The molecule has 0 aliphatic heterocycles. The smallest absolute Gasteiger partial charge is 0.201 e. The Labute approximate surface area is 110 Å². The summed E-state index contributed by atoms with van der Waals surface area (Å²) >= 11 is 3.36. The summed E-state index contributed by atoms with van der Waals surface area (Å²) in [6.45, 7) is 4.77. The lowest BCUT2D eigenvalue weighted by Crippen LogP contribution is -2.45. The number of methoxy groups -OCH3 is 1. The second-order valence-electron chi connectivity index (χ2n) is 4.26. The van der Waals surface area contributed by atoms with Crippen LogP contribution in [-0.2, 0) is 11.3 Å². The van der Waals surface area contributed by atoms with Crippen LogP contribution in [0.4, 0.5) is 0 Å². The first-order valence-corrected chi connectivity index (χ1v) is 6.17. The Morgan fingerprint density at radius 1 is 1.65 bits per heavy atom. The van der Waals surface area contributed by atoms with Crippen LogP contribution in [0.1, 0.15) is 24.3 Å². The van der Waals surface area contributed by atoms with Crippen molar-refractivity contribution in [2.45, 2.75) is 25.9 Å². The molecule has 0 aliphatic carbocycles. The third-order valence-corrected chi connectivity index (χ3v) is 3.29. The molecule has 0 aliphatic rings. The first kappa shape index (κ1) is 14.3. The highest BCUT2D eigenvalue weighted by atomic mass is 79.9. The number of carbonyl (C=O) groups is 1. The van der Waals surface area contributed by atoms with Crippen molar-refractivity contribution >= 4 is 21.7 Å². The molecule has 1 aromatic rings. The standard InChI is InChI=1S/C11H18BrN3O2/c1-11(2,13-3)10(16)9-8(12)7-14-15(9)5-6-17-4/h7,13H,5-6H2,1-4H3. The molecule has 0 radical (unpaired) electrons. The van der Waals surface area contributed by atoms with E-state index in [0.29, 0.717) is 23.3 Å². The van der Waals surface area contributed by atoms with Gasteiger partial charge in [-0.2, -0.15) is 5.10 Å². The fourth-order valence-electron chi connectivity index (χ4n) is 1.35. The number of ether oxygens (including phenoxy) is 1. The molecule has 0 bridgehead atoms. The van der Waals surface area contributed by atoms with Gasteiger partial charge in [0.25, 0.3) is 0 Å². The number of hydrogen-bond acceptors (Lipinski definition) is 4. The molecule has 0 saturated heterocycles. The number of nitrogens with one attached hydrogen (secondary N) is 1. The van der Waals surface area contributed by atoms with Crippen LogP contribution in [-0.4, -0.2) is 41.9 Å². The molecule has 0 unspecified atom stereocenters. The molecular weight excluding hydrogens is 286 g/mol. The van der Waals surface area contributed by atoms with E-state index in [2.05, 4.69) is 26.3 Å². The fourth-order valence-corrected chi connectivity index (χ4v) is 1.82. The van der Waals surface area contributed by atoms with E-state index in [0.717, 1.165) is 0 Å². The lowest BCUT2D eigenvalue weighted by atomic mass is 9.97. The molecule has 0 saturated carbocycles. The van der Waals surface area contributed by atoms with Gasteiger partial charge in [0.2, 0.25) is 5.78 Å². The maximum absolute atomic E-state index is 12.4. The van der Waals surface area contributed by atoms with Gasteiger partial charge in [0, 0.05) is 7.11 Å². The summed E-state index contributed by atoms with van der Waals surface area (Å²) in [6.07, 6.45) is 1.63. The number of Topliss-reactive ketones (excluding diaryl/α,β-unsaturated/α-hetero) is 1. The molecule has 17 heavy (non-hydrogen) atoms. The van der Waals surface area contributed by atoms with Crippen molar-refractivity contribution < 1.29 is 9.53 Å². The molecule has 5 nitrogen and oxygen atoms in total. The van der Waals surface area contributed by atoms with Gasteiger partial charge in [0.1, 0.15) is 5.69 Å². The van der Waals surface area contributed by atoms with Gasteiger partial charge in [-0.25, -0.2) is 0 Å². The lowest BCUT2D eigenvalue weighted by molar-refractivity contribution is 0.0874. The minimum absolute atomic E-state index is 0.000443. The molecule has 1 N–H and O–H groups in total. The Balaban J connectivity index is 3.03. The number of aromatic nitrogens is 2. The molecule has 0 fully saturated rings. The van der Waals surface area contributed by atoms with Gasteiger partial charge in [-0.05, 0) is 36.8 Å². The van der Waals surface area contributed by atoms with Gasteiger partial charge in [-0.3, -0.25) is 9.48 Å². The van der Waals surface area contributed by atoms with Crippen molar-refractivity contribution in [3.8, 4) is 0 Å². The summed E-state index contributed by atoms with van der Waals surface area (Å²) in [5.74, 6) is 0.000443. The maximum Gasteiger partial charge on any atom is 0.201 e. The molecule has 6 heteroatoms. The van der Waals surface area contributed by atoms with E-state index >= 15 is 0 Å². The quantitative estimate of drug-likeness (QED) is 0.809. The van der Waals surface area contributed by atoms with Crippen LogP contribution in [0.15, 0.2) is 10.7 Å². The predicted molar refractivity (Wildman–Crippen MR) is 69.3 cm³/mol. The van der Waals surface area contributed by atoms with E-state index in [1.54, 1.807) is 25.0 Å². The number of ketones is 1. The summed E-state index contributed by atoms with van der Waals surface area (Å²) in [5, 5.41) is 7.16. The highest BCUT2D eigenvalue weighted by Gasteiger charge is 2.31. The van der Waals surface area contributed by atoms with Crippen molar-refractivity contribution in [2.24, 2.45) is 0 Å². The predicted octanol–water partition coefficient (Wildman–Crippen LogP) is 1.47. The van der Waals surface area contributed by atoms with Gasteiger partial charge in [-0.15, -0.1) is 0 Å². The molecule has 0 atom stereocenters. The Hall–Kier alpha value is -0.720. The first-order chi connectivity index (χ1) is 7.94. The van der Waals surface area contributed by atoms with Gasteiger partial charge < -0.3 is 10.1 Å². The normalized spacial score (nSPS) is 11.8. The second kappa shape index (κ2) is 5.75. The van der Waals surface area contributed by atoms with E-state index in [1.165, 1.54) is 0 Å². The zero-order chi connectivity index (χ0) is 13.1. The minimum atomic E-state index is -0.618. The average molecular weight is 304 g/mol. The number of hydrogen-bond donors (Lipinski definition) is 1. The van der Waals surface area contributed by atoms with Crippen LogP contribution >= 0.6 is 15.9 Å². The summed E-state index contributed by atoms with van der Waals surface area (Å²) in [5.41, 5.74) is -0.0469. The van der Waals surface area contributed by atoms with Crippen LogP contribution in [0.5, 0.6) is 0 Å². The monoisotopic (exact) mass is 303 g/mol. The average Bonchev–Trinajstić information content (AvgIpc) is 2.66. The van der Waals surface area contributed by atoms with Crippen LogP contribution in [0.2, 0.25) is 0 Å². The van der Waals surface area contributed by atoms with Crippen LogP contribution in [0, 0.1) is 0 Å². The number of halogens is 1. The third kappa shape index (κ3) is 3.14. The van der Waals surface area contributed by atoms with E-state index in [-0.39, 0.29) is 5.78 Å². The van der Waals surface area contributed by atoms with E-state index in [1.807, 2.05) is 13.8 Å². The number of rotatable bonds is 6. The molecule has 0 spiro atoms. The molecule has 0 amide bonds. The zero-order valence-electron chi connectivity index (χ0n) is 10.6. The summed E-state index contributed by atoms with van der Waals surface area (Å²) in [6, 6.07) is 0. The van der Waals surface area contributed by atoms with Gasteiger partial charge in [-0.1, -0.05) is 0 Å². The summed E-state index contributed by atoms with van der Waals surface area (Å²) < 4.78 is 7.37. The van der Waals surface area contributed by atoms with Crippen molar-refractivity contribution in [3.05, 3.63) is 16.4 Å². The highest BCUT2D eigenvalue weighted by molar-refractivity contribution is 9.10. The number of carbonyl (C=O) groups excluding carboxylic acids is 1. The zero-order valence-corrected chi connectivity index (χ0v) is 12.2. The van der Waals surface area contributed by atoms with Crippen molar-refractivity contribution in [1.29, 1.82) is 0 Å². The number of likely N-dealkylation sites (N-methyl/N-ethyl adjacent to an activating group) is 1. The first-order valence-electron chi connectivity index (χ1n) is 5.38. The van der Waals surface area contributed by atoms with Gasteiger partial charge in [0.05, 0.1) is 29.4 Å². The molecular formula is C11H18BrN3O2. The van der Waals surface area contributed by atoms with Crippen LogP contribution < -0.4 is 5.32 Å². The topological polar surface area (TPSA) is 56.2 Å². The molecule has 1 heterocycles. The third-order valence-electron chi connectivity index (χ3n) is 2.71. The Morgan fingerprint density at radius 3 is 2.82 bits per heavy atom. The summed E-state index contributed by atoms with van der Waals surface area (Å²) in [4.78, 5) is 12.4. The SMILES string of the molecule is CNC(C)(C)C(=O)c1c(Br)cnn1CCOC. The lowest BCUT2D eigenvalue weighted by Gasteiger charge is -2.22. The second-order valence-corrected chi connectivity index (χ2v) is 5.12. The minimum Gasteiger partial charge on any atom is -0.383 e. The van der Waals surface area contributed by atoms with Crippen molar-refractivity contribution in [1.82, 2.24) is 15.1 Å². The molecule has 1 aromatic heterocycles. The van der Waals surface area contributed by atoms with Crippen molar-refractivity contribution in [3.63, 3.8) is 0 Å². The molecule has 96 valence electrons. The Kier molecular flexibility index (Phi) is 4.85. The van der Waals surface area contributed by atoms with E-state index < -0.39 is 5.54 Å². The number of nitrogens with zero attached hydrogens (tertiary/aromatic N) is 2. The van der Waals surface area contributed by atoms with Crippen LogP contribution in [0.3, 0.4) is 0 Å². The van der Waals surface area contributed by atoms with Gasteiger partial charge >= 0.3 is 0 Å². The van der Waals surface area contributed by atoms with Crippen molar-refractivity contribution in [2.75, 3.05) is 20.8 Å². The molecule has 1 rings (SSSR count). The maximum atomic E-state index is 12.4. The Morgan fingerprint density at radius 2 is 2.29 bits per heavy atom. The molecule has 0 aromatic carbocycles. The Bertz CT molecular complexity index is 401. The van der Waals surface area contributed by atoms with E-state index in [4.69, 9.17) is 4.74 Å². The van der Waals surface area contributed by atoms with E-state index in [9.17, 15) is 4.79 Å². The largest absolute Gasteiger partial charge is 0.383 e. The highest BCUT2D eigenvalue weighted by Crippen LogP contribution is 2.21. The summed E-state index contributed by atoms with van der Waals surface area (Å²) in [7, 11) is 3.39. The van der Waals surface area contributed by atoms with Crippen LogP contribution in [0.25, 0.3) is 0 Å².